The number of aromatic amines is 1. The smallest absolute Gasteiger partial charge is 0.223 e. The molecule has 5 heteroatoms. The van der Waals surface area contributed by atoms with Crippen molar-refractivity contribution in [1.29, 1.82) is 0 Å². The molecule has 0 aliphatic carbocycles. The Morgan fingerprint density at radius 3 is 2.70 bits per heavy atom. The van der Waals surface area contributed by atoms with Crippen LogP contribution in [0.15, 0.2) is 53.0 Å². The maximum Gasteiger partial charge on any atom is 0.223 e. The van der Waals surface area contributed by atoms with Crippen LogP contribution in [-0.2, 0) is 17.8 Å². The van der Waals surface area contributed by atoms with Gasteiger partial charge in [0, 0.05) is 30.9 Å². The molecule has 0 aliphatic rings. The van der Waals surface area contributed by atoms with Gasteiger partial charge in [0.05, 0.1) is 11.0 Å². The molecule has 0 unspecified atom stereocenters. The van der Waals surface area contributed by atoms with Crippen molar-refractivity contribution in [2.24, 2.45) is 0 Å². The number of nitrogens with zero attached hydrogens (tertiary/aromatic N) is 2. The quantitative estimate of drug-likeness (QED) is 0.738. The third-order valence-corrected chi connectivity index (χ3v) is 4.58. The molecule has 3 aromatic rings. The number of para-hydroxylation sites is 2. The van der Waals surface area contributed by atoms with E-state index in [1.165, 1.54) is 0 Å². The van der Waals surface area contributed by atoms with E-state index in [4.69, 9.17) is 0 Å². The molecule has 0 aliphatic heterocycles. The number of carbonyl (C=O) groups excluding carboxylic acids is 1. The van der Waals surface area contributed by atoms with Crippen LogP contribution in [0.25, 0.3) is 11.0 Å². The van der Waals surface area contributed by atoms with E-state index in [0.29, 0.717) is 19.4 Å². The minimum atomic E-state index is 0.112. The number of hydrogen-bond acceptors (Lipinski definition) is 2. The fourth-order valence-electron chi connectivity index (χ4n) is 2.51. The Kier molecular flexibility index (Phi) is 4.76. The number of aromatic nitrogens is 2. The van der Waals surface area contributed by atoms with Gasteiger partial charge in [-0.1, -0.05) is 46.3 Å². The summed E-state index contributed by atoms with van der Waals surface area (Å²) in [4.78, 5) is 21.8. The highest BCUT2D eigenvalue weighted by molar-refractivity contribution is 9.10. The molecule has 1 N–H and O–H groups in total. The number of rotatable bonds is 5. The van der Waals surface area contributed by atoms with Crippen LogP contribution < -0.4 is 0 Å². The summed E-state index contributed by atoms with van der Waals surface area (Å²) in [6.45, 7) is 0.598. The number of carbonyl (C=O) groups is 1. The highest BCUT2D eigenvalue weighted by Gasteiger charge is 2.12. The fraction of sp³-hybridized carbons (Fsp3) is 0.222. The molecular weight excluding hydrogens is 354 g/mol. The van der Waals surface area contributed by atoms with Crippen LogP contribution in [-0.4, -0.2) is 27.8 Å². The third-order valence-electron chi connectivity index (χ3n) is 3.81. The first-order valence-corrected chi connectivity index (χ1v) is 8.34. The Morgan fingerprint density at radius 1 is 1.17 bits per heavy atom. The van der Waals surface area contributed by atoms with Crippen molar-refractivity contribution in [1.82, 2.24) is 14.9 Å². The van der Waals surface area contributed by atoms with E-state index in [1.807, 2.05) is 55.6 Å². The summed E-state index contributed by atoms with van der Waals surface area (Å²) in [6.07, 6.45) is 1.06. The summed E-state index contributed by atoms with van der Waals surface area (Å²) in [5.74, 6) is 0.968. The number of amides is 1. The SMILES string of the molecule is CN(Cc1ccccc1Br)C(=O)CCc1nc2ccccc2[nH]1. The second-order valence-electron chi connectivity index (χ2n) is 5.54. The number of imidazole rings is 1. The number of fused-ring (bicyclic) bond motifs is 1. The van der Waals surface area contributed by atoms with Crippen LogP contribution in [0.2, 0.25) is 0 Å². The summed E-state index contributed by atoms with van der Waals surface area (Å²) >= 11 is 3.52. The van der Waals surface area contributed by atoms with Crippen LogP contribution in [0.1, 0.15) is 17.8 Å². The molecule has 0 saturated carbocycles. The summed E-state index contributed by atoms with van der Waals surface area (Å²) in [7, 11) is 1.83. The van der Waals surface area contributed by atoms with E-state index in [9.17, 15) is 4.79 Å². The molecule has 0 bridgehead atoms. The molecule has 0 saturated heterocycles. The molecule has 0 radical (unpaired) electrons. The number of aryl methyl sites for hydroxylation is 1. The molecule has 0 atom stereocenters. The first-order valence-electron chi connectivity index (χ1n) is 7.54. The van der Waals surface area contributed by atoms with Gasteiger partial charge in [0.25, 0.3) is 0 Å². The fourth-order valence-corrected chi connectivity index (χ4v) is 2.92. The molecule has 2 aromatic carbocycles. The van der Waals surface area contributed by atoms with E-state index >= 15 is 0 Å². The molecule has 1 amide bonds. The first-order chi connectivity index (χ1) is 11.1. The predicted molar refractivity (Wildman–Crippen MR) is 95.0 cm³/mol. The topological polar surface area (TPSA) is 49.0 Å². The molecule has 4 nitrogen and oxygen atoms in total. The number of halogens is 1. The summed E-state index contributed by atoms with van der Waals surface area (Å²) in [5, 5.41) is 0. The second kappa shape index (κ2) is 6.96. The number of hydrogen-bond donors (Lipinski definition) is 1. The van der Waals surface area contributed by atoms with E-state index in [1.54, 1.807) is 4.90 Å². The Hall–Kier alpha value is -2.14. The van der Waals surface area contributed by atoms with E-state index < -0.39 is 0 Å². The molecule has 118 valence electrons. The van der Waals surface area contributed by atoms with Crippen LogP contribution in [0.5, 0.6) is 0 Å². The minimum absolute atomic E-state index is 0.112. The van der Waals surface area contributed by atoms with Crippen molar-refractivity contribution < 1.29 is 4.79 Å². The molecule has 1 aromatic heterocycles. The lowest BCUT2D eigenvalue weighted by Crippen LogP contribution is -2.26. The van der Waals surface area contributed by atoms with Crippen molar-refractivity contribution >= 4 is 32.9 Å². The van der Waals surface area contributed by atoms with Crippen molar-refractivity contribution in [2.75, 3.05) is 7.05 Å². The number of H-pyrrole nitrogens is 1. The van der Waals surface area contributed by atoms with Crippen LogP contribution in [0, 0.1) is 0 Å². The Morgan fingerprint density at radius 2 is 1.91 bits per heavy atom. The van der Waals surface area contributed by atoms with Crippen molar-refractivity contribution in [2.45, 2.75) is 19.4 Å². The van der Waals surface area contributed by atoms with Gasteiger partial charge < -0.3 is 9.88 Å². The van der Waals surface area contributed by atoms with E-state index in [-0.39, 0.29) is 5.91 Å². The minimum Gasteiger partial charge on any atom is -0.342 e. The van der Waals surface area contributed by atoms with Crippen LogP contribution in [0.3, 0.4) is 0 Å². The zero-order chi connectivity index (χ0) is 16.2. The van der Waals surface area contributed by atoms with Gasteiger partial charge in [0.15, 0.2) is 0 Å². The molecule has 23 heavy (non-hydrogen) atoms. The normalized spacial score (nSPS) is 10.9. The van der Waals surface area contributed by atoms with Crippen molar-refractivity contribution in [3.05, 3.63) is 64.4 Å². The highest BCUT2D eigenvalue weighted by Crippen LogP contribution is 2.18. The van der Waals surface area contributed by atoms with Gasteiger partial charge >= 0.3 is 0 Å². The maximum atomic E-state index is 12.3. The predicted octanol–water partition coefficient (Wildman–Crippen LogP) is 3.92. The standard InChI is InChI=1S/C18H18BrN3O/c1-22(12-13-6-2-3-7-14(13)19)18(23)11-10-17-20-15-8-4-5-9-16(15)21-17/h2-9H,10-12H2,1H3,(H,20,21). The van der Waals surface area contributed by atoms with Gasteiger partial charge in [0.2, 0.25) is 5.91 Å². The lowest BCUT2D eigenvalue weighted by atomic mass is 10.2. The van der Waals surface area contributed by atoms with Gasteiger partial charge in [-0.25, -0.2) is 4.98 Å². The summed E-state index contributed by atoms with van der Waals surface area (Å²) in [5.41, 5.74) is 3.06. The second-order valence-corrected chi connectivity index (χ2v) is 6.40. The molecule has 3 rings (SSSR count). The maximum absolute atomic E-state index is 12.3. The molecule has 0 fully saturated rings. The Balaban J connectivity index is 1.59. The Labute approximate surface area is 143 Å². The molecular formula is C18H18BrN3O. The largest absolute Gasteiger partial charge is 0.342 e. The monoisotopic (exact) mass is 371 g/mol. The zero-order valence-corrected chi connectivity index (χ0v) is 14.5. The first kappa shape index (κ1) is 15.7. The van der Waals surface area contributed by atoms with Crippen LogP contribution >= 0.6 is 15.9 Å². The van der Waals surface area contributed by atoms with Gasteiger partial charge in [-0.2, -0.15) is 0 Å². The van der Waals surface area contributed by atoms with Gasteiger partial charge in [0.1, 0.15) is 5.82 Å². The van der Waals surface area contributed by atoms with Gasteiger partial charge in [-0.05, 0) is 23.8 Å². The average molecular weight is 372 g/mol. The Bertz CT molecular complexity index is 795. The van der Waals surface area contributed by atoms with Gasteiger partial charge in [-0.15, -0.1) is 0 Å². The van der Waals surface area contributed by atoms with Crippen LogP contribution in [0.4, 0.5) is 0 Å². The molecule has 1 heterocycles. The average Bonchev–Trinajstić information content (AvgIpc) is 2.97. The van der Waals surface area contributed by atoms with Crippen molar-refractivity contribution in [3.8, 4) is 0 Å². The summed E-state index contributed by atoms with van der Waals surface area (Å²) < 4.78 is 1.02. The highest BCUT2D eigenvalue weighted by atomic mass is 79.9. The molecule has 0 spiro atoms. The van der Waals surface area contributed by atoms with E-state index in [0.717, 1.165) is 26.9 Å². The zero-order valence-electron chi connectivity index (χ0n) is 12.9. The number of nitrogens with one attached hydrogen (secondary N) is 1. The van der Waals surface area contributed by atoms with Crippen molar-refractivity contribution in [3.63, 3.8) is 0 Å². The lowest BCUT2D eigenvalue weighted by Gasteiger charge is -2.17. The lowest BCUT2D eigenvalue weighted by molar-refractivity contribution is -0.130. The number of benzene rings is 2. The third kappa shape index (κ3) is 3.79. The summed E-state index contributed by atoms with van der Waals surface area (Å²) in [6, 6.07) is 15.9. The van der Waals surface area contributed by atoms with Gasteiger partial charge in [-0.3, -0.25) is 4.79 Å². The van der Waals surface area contributed by atoms with E-state index in [2.05, 4.69) is 25.9 Å².